The molecule has 0 radical (unpaired) electrons. The maximum absolute atomic E-state index is 12.3. The van der Waals surface area contributed by atoms with E-state index in [1.54, 1.807) is 0 Å². The van der Waals surface area contributed by atoms with Gasteiger partial charge < -0.3 is 20.4 Å². The molecule has 6 nitrogen and oxygen atoms in total. The van der Waals surface area contributed by atoms with Crippen molar-refractivity contribution in [1.29, 1.82) is 5.26 Å². The van der Waals surface area contributed by atoms with E-state index in [-0.39, 0.29) is 11.6 Å². The Kier molecular flexibility index (Phi) is 5.91. The third kappa shape index (κ3) is 5.36. The van der Waals surface area contributed by atoms with Crippen LogP contribution in [0.25, 0.3) is 0 Å². The molecule has 3 rings (SSSR count). The number of hydrogen-bond acceptors (Lipinski definition) is 4. The number of carbonyl (C=O) groups excluding carboxylic acids is 1. The minimum Gasteiger partial charge on any atom is -0.385 e. The lowest BCUT2D eigenvalue weighted by atomic mass is 10.0. The fraction of sp³-hybridized carbons (Fsp3) is 0.619. The molecule has 1 aromatic carbocycles. The SMILES string of the molecule is CC(C)(C)NC(=O)N1CC2CN(CCCNc3ccc(C#N)cc3)CC2C1. The van der Waals surface area contributed by atoms with Crippen LogP contribution < -0.4 is 10.6 Å². The van der Waals surface area contributed by atoms with Gasteiger partial charge in [-0.3, -0.25) is 0 Å². The van der Waals surface area contributed by atoms with Crippen LogP contribution in [0.2, 0.25) is 0 Å². The van der Waals surface area contributed by atoms with Crippen molar-refractivity contribution in [2.45, 2.75) is 32.7 Å². The van der Waals surface area contributed by atoms with E-state index < -0.39 is 0 Å². The highest BCUT2D eigenvalue weighted by Gasteiger charge is 2.41. The Morgan fingerprint density at radius 3 is 2.33 bits per heavy atom. The van der Waals surface area contributed by atoms with Crippen LogP contribution in [-0.4, -0.2) is 60.6 Å². The molecule has 146 valence electrons. The molecular weight excluding hydrogens is 338 g/mol. The van der Waals surface area contributed by atoms with E-state index in [2.05, 4.69) is 21.6 Å². The van der Waals surface area contributed by atoms with Gasteiger partial charge in [0.1, 0.15) is 0 Å². The Hall–Kier alpha value is -2.26. The molecule has 2 atom stereocenters. The molecule has 2 aliphatic heterocycles. The number of likely N-dealkylation sites (tertiary alicyclic amines) is 2. The molecule has 2 N–H and O–H groups in total. The summed E-state index contributed by atoms with van der Waals surface area (Å²) in [4.78, 5) is 16.9. The zero-order valence-electron chi connectivity index (χ0n) is 16.7. The van der Waals surface area contributed by atoms with Gasteiger partial charge in [0.05, 0.1) is 11.6 Å². The minimum absolute atomic E-state index is 0.0788. The van der Waals surface area contributed by atoms with Gasteiger partial charge in [-0.25, -0.2) is 4.79 Å². The highest BCUT2D eigenvalue weighted by molar-refractivity contribution is 5.75. The molecule has 2 fully saturated rings. The van der Waals surface area contributed by atoms with Crippen LogP contribution in [0.1, 0.15) is 32.8 Å². The summed E-state index contributed by atoms with van der Waals surface area (Å²) in [6.07, 6.45) is 1.09. The predicted octanol–water partition coefficient (Wildman–Crippen LogP) is 2.73. The number of benzene rings is 1. The van der Waals surface area contributed by atoms with Crippen molar-refractivity contribution in [3.63, 3.8) is 0 Å². The summed E-state index contributed by atoms with van der Waals surface area (Å²) >= 11 is 0. The van der Waals surface area contributed by atoms with Gasteiger partial charge in [0.15, 0.2) is 0 Å². The molecule has 2 unspecified atom stereocenters. The van der Waals surface area contributed by atoms with Crippen LogP contribution in [0.15, 0.2) is 24.3 Å². The lowest BCUT2D eigenvalue weighted by Gasteiger charge is -2.27. The average molecular weight is 370 g/mol. The molecule has 27 heavy (non-hydrogen) atoms. The molecule has 2 amide bonds. The van der Waals surface area contributed by atoms with E-state index in [9.17, 15) is 4.79 Å². The second-order valence-corrected chi connectivity index (χ2v) is 8.83. The third-order valence-electron chi connectivity index (χ3n) is 5.33. The maximum Gasteiger partial charge on any atom is 0.317 e. The fourth-order valence-corrected chi connectivity index (χ4v) is 4.04. The number of carbonyl (C=O) groups is 1. The third-order valence-corrected chi connectivity index (χ3v) is 5.33. The summed E-state index contributed by atoms with van der Waals surface area (Å²) in [7, 11) is 0. The summed E-state index contributed by atoms with van der Waals surface area (Å²) in [5, 5.41) is 15.3. The van der Waals surface area contributed by atoms with Crippen molar-refractivity contribution >= 4 is 11.7 Å². The maximum atomic E-state index is 12.3. The molecule has 0 saturated carbocycles. The Morgan fingerprint density at radius 1 is 1.15 bits per heavy atom. The molecule has 0 bridgehead atoms. The molecule has 2 aliphatic rings. The highest BCUT2D eigenvalue weighted by atomic mass is 16.2. The fourth-order valence-electron chi connectivity index (χ4n) is 4.04. The number of amides is 2. The second kappa shape index (κ2) is 8.18. The summed E-state index contributed by atoms with van der Waals surface area (Å²) in [6, 6.07) is 9.80. The smallest absolute Gasteiger partial charge is 0.317 e. The Bertz CT molecular complexity index is 674. The van der Waals surface area contributed by atoms with Crippen molar-refractivity contribution in [2.75, 3.05) is 44.6 Å². The van der Waals surface area contributed by atoms with E-state index in [1.807, 2.05) is 49.9 Å². The zero-order valence-corrected chi connectivity index (χ0v) is 16.7. The molecular formula is C21H31N5O. The van der Waals surface area contributed by atoms with Crippen LogP contribution in [0, 0.1) is 23.2 Å². The van der Waals surface area contributed by atoms with Gasteiger partial charge in [-0.15, -0.1) is 0 Å². The number of nitriles is 1. The van der Waals surface area contributed by atoms with Crippen LogP contribution >= 0.6 is 0 Å². The highest BCUT2D eigenvalue weighted by Crippen LogP contribution is 2.31. The van der Waals surface area contributed by atoms with Crippen molar-refractivity contribution in [3.8, 4) is 6.07 Å². The number of fused-ring (bicyclic) bond motifs is 1. The summed E-state index contributed by atoms with van der Waals surface area (Å²) in [5.74, 6) is 1.23. The minimum atomic E-state index is -0.178. The summed E-state index contributed by atoms with van der Waals surface area (Å²) in [5.41, 5.74) is 1.57. The first-order valence-electron chi connectivity index (χ1n) is 9.87. The van der Waals surface area contributed by atoms with Crippen molar-refractivity contribution in [1.82, 2.24) is 15.1 Å². The van der Waals surface area contributed by atoms with Gasteiger partial charge in [-0.1, -0.05) is 0 Å². The topological polar surface area (TPSA) is 71.4 Å². The van der Waals surface area contributed by atoms with Crippen LogP contribution in [0.5, 0.6) is 0 Å². The molecule has 6 heteroatoms. The number of rotatable bonds is 5. The molecule has 2 heterocycles. The first-order valence-corrected chi connectivity index (χ1v) is 9.87. The van der Waals surface area contributed by atoms with Crippen molar-refractivity contribution in [3.05, 3.63) is 29.8 Å². The normalized spacial score (nSPS) is 22.4. The van der Waals surface area contributed by atoms with Crippen LogP contribution in [0.4, 0.5) is 10.5 Å². The zero-order chi connectivity index (χ0) is 19.4. The number of anilines is 1. The summed E-state index contributed by atoms with van der Waals surface area (Å²) < 4.78 is 0. The van der Waals surface area contributed by atoms with E-state index in [1.165, 1.54) is 0 Å². The van der Waals surface area contributed by atoms with Gasteiger partial charge in [-0.05, 0) is 69.8 Å². The van der Waals surface area contributed by atoms with E-state index in [4.69, 9.17) is 5.26 Å². The number of nitrogens with zero attached hydrogens (tertiary/aromatic N) is 3. The molecule has 0 spiro atoms. The van der Waals surface area contributed by atoms with Gasteiger partial charge in [0.2, 0.25) is 0 Å². The molecule has 2 saturated heterocycles. The van der Waals surface area contributed by atoms with Gasteiger partial charge in [0.25, 0.3) is 0 Å². The Balaban J connectivity index is 1.34. The molecule has 0 aliphatic carbocycles. The van der Waals surface area contributed by atoms with Gasteiger partial charge in [-0.2, -0.15) is 5.26 Å². The van der Waals surface area contributed by atoms with Crippen LogP contribution in [0.3, 0.4) is 0 Å². The Labute approximate surface area is 162 Å². The van der Waals surface area contributed by atoms with Crippen molar-refractivity contribution in [2.24, 2.45) is 11.8 Å². The predicted molar refractivity (Wildman–Crippen MR) is 108 cm³/mol. The number of hydrogen-bond donors (Lipinski definition) is 2. The Morgan fingerprint density at radius 2 is 1.78 bits per heavy atom. The number of urea groups is 1. The molecule has 0 aromatic heterocycles. The molecule has 1 aromatic rings. The first kappa shape index (κ1) is 19.5. The lowest BCUT2D eigenvalue weighted by Crippen LogP contribution is -2.48. The largest absolute Gasteiger partial charge is 0.385 e. The standard InChI is InChI=1S/C21H31N5O/c1-21(2,3)24-20(27)26-14-17-12-25(13-18(17)15-26)10-4-9-23-19-7-5-16(11-22)6-8-19/h5-8,17-18,23H,4,9-10,12-15H2,1-3H3,(H,24,27). The van der Waals surface area contributed by atoms with Gasteiger partial charge in [0, 0.05) is 44.0 Å². The second-order valence-electron chi connectivity index (χ2n) is 8.83. The first-order chi connectivity index (χ1) is 12.8. The number of nitrogens with one attached hydrogen (secondary N) is 2. The average Bonchev–Trinajstić information content (AvgIpc) is 3.16. The monoisotopic (exact) mass is 369 g/mol. The van der Waals surface area contributed by atoms with E-state index >= 15 is 0 Å². The quantitative estimate of drug-likeness (QED) is 0.783. The van der Waals surface area contributed by atoms with E-state index in [0.717, 1.165) is 51.4 Å². The van der Waals surface area contributed by atoms with Gasteiger partial charge >= 0.3 is 6.03 Å². The lowest BCUT2D eigenvalue weighted by molar-refractivity contribution is 0.191. The summed E-state index contributed by atoms with van der Waals surface area (Å²) in [6.45, 7) is 12.0. The van der Waals surface area contributed by atoms with E-state index in [0.29, 0.717) is 17.4 Å². The van der Waals surface area contributed by atoms with Crippen molar-refractivity contribution < 1.29 is 4.79 Å². The van der Waals surface area contributed by atoms with Crippen LogP contribution in [-0.2, 0) is 0 Å².